The van der Waals surface area contributed by atoms with Crippen LogP contribution in [0, 0.1) is 3.57 Å². The van der Waals surface area contributed by atoms with Crippen molar-refractivity contribution in [3.8, 4) is 0 Å². The van der Waals surface area contributed by atoms with E-state index in [1.165, 1.54) is 0 Å². The van der Waals surface area contributed by atoms with Gasteiger partial charge >= 0.3 is 0 Å². The molecule has 0 saturated carbocycles. The molecule has 1 aromatic carbocycles. The Bertz CT molecular complexity index is 607. The fourth-order valence-electron chi connectivity index (χ4n) is 1.29. The summed E-state index contributed by atoms with van der Waals surface area (Å²) >= 11 is 17.6. The molecule has 0 aliphatic carbocycles. The Morgan fingerprint density at radius 1 is 1.22 bits per heavy atom. The molecule has 0 spiro atoms. The van der Waals surface area contributed by atoms with Crippen LogP contribution in [0.1, 0.15) is 0 Å². The lowest BCUT2D eigenvalue weighted by atomic mass is 10.3. The number of benzene rings is 1. The number of pyridine rings is 1. The third kappa shape index (κ3) is 3.20. The molecule has 0 radical (unpaired) electrons. The van der Waals surface area contributed by atoms with E-state index in [4.69, 9.17) is 28.9 Å². The highest BCUT2D eigenvalue weighted by atomic mass is 127. The number of aromatic nitrogens is 1. The summed E-state index contributed by atoms with van der Waals surface area (Å²) in [4.78, 5) is 4.11. The second-order valence-corrected chi connectivity index (χ2v) is 6.35. The van der Waals surface area contributed by atoms with Crippen molar-refractivity contribution >= 4 is 79.0 Å². The lowest BCUT2D eigenvalue weighted by Gasteiger charge is -2.11. The molecule has 94 valence electrons. The molecule has 18 heavy (non-hydrogen) atoms. The number of hydrogen-bond donors (Lipinski definition) is 2. The highest BCUT2D eigenvalue weighted by molar-refractivity contribution is 14.1. The van der Waals surface area contributed by atoms with E-state index in [2.05, 4.69) is 48.8 Å². The summed E-state index contributed by atoms with van der Waals surface area (Å²) in [5, 5.41) is 3.86. The molecule has 0 aliphatic heterocycles. The molecule has 0 unspecified atom stereocenters. The number of nitrogens with two attached hydrogens (primary N) is 1. The van der Waals surface area contributed by atoms with Crippen LogP contribution in [0.3, 0.4) is 0 Å². The van der Waals surface area contributed by atoms with Crippen LogP contribution < -0.4 is 11.1 Å². The standard InChI is InChI=1S/C11H7BrCl2IN3/c12-6-3-5(15)1-2-9(6)17-11-8(14)4-7(13)10(16)18-11/h1-4H,(H3,16,17,18). The van der Waals surface area contributed by atoms with Crippen molar-refractivity contribution in [3.63, 3.8) is 0 Å². The van der Waals surface area contributed by atoms with Crippen LogP contribution in [0.25, 0.3) is 0 Å². The molecule has 1 heterocycles. The first kappa shape index (κ1) is 14.2. The zero-order valence-corrected chi connectivity index (χ0v) is 14.1. The van der Waals surface area contributed by atoms with E-state index < -0.39 is 0 Å². The summed E-state index contributed by atoms with van der Waals surface area (Å²) in [6.45, 7) is 0. The van der Waals surface area contributed by atoms with Crippen molar-refractivity contribution in [2.75, 3.05) is 11.1 Å². The van der Waals surface area contributed by atoms with Gasteiger partial charge in [0, 0.05) is 8.04 Å². The quantitative estimate of drug-likeness (QED) is 0.617. The Balaban J connectivity index is 2.37. The summed E-state index contributed by atoms with van der Waals surface area (Å²) in [7, 11) is 0. The maximum atomic E-state index is 6.05. The molecule has 2 aromatic rings. The lowest BCUT2D eigenvalue weighted by Crippen LogP contribution is -1.99. The molecule has 2 rings (SSSR count). The number of anilines is 3. The van der Waals surface area contributed by atoms with Crippen molar-refractivity contribution in [2.45, 2.75) is 0 Å². The van der Waals surface area contributed by atoms with Gasteiger partial charge in [0.25, 0.3) is 0 Å². The van der Waals surface area contributed by atoms with Crippen LogP contribution in [-0.4, -0.2) is 4.98 Å². The Morgan fingerprint density at radius 3 is 2.61 bits per heavy atom. The molecule has 1 aromatic heterocycles. The normalized spacial score (nSPS) is 10.4. The minimum atomic E-state index is 0.241. The van der Waals surface area contributed by atoms with E-state index in [9.17, 15) is 0 Å². The predicted molar refractivity (Wildman–Crippen MR) is 88.8 cm³/mol. The van der Waals surface area contributed by atoms with E-state index in [-0.39, 0.29) is 5.82 Å². The van der Waals surface area contributed by atoms with Crippen molar-refractivity contribution in [1.82, 2.24) is 4.98 Å². The molecule has 0 amide bonds. The van der Waals surface area contributed by atoms with Gasteiger partial charge in [-0.2, -0.15) is 0 Å². The summed E-state index contributed by atoms with van der Waals surface area (Å²) in [5.74, 6) is 0.714. The van der Waals surface area contributed by atoms with E-state index in [1.54, 1.807) is 6.07 Å². The average molecular weight is 459 g/mol. The Morgan fingerprint density at radius 2 is 1.94 bits per heavy atom. The largest absolute Gasteiger partial charge is 0.382 e. The maximum absolute atomic E-state index is 6.05. The third-order valence-corrected chi connectivity index (χ3v) is 4.06. The van der Waals surface area contributed by atoms with Gasteiger partial charge in [-0.05, 0) is 62.8 Å². The molecule has 0 aliphatic rings. The smallest absolute Gasteiger partial charge is 0.151 e. The molecular formula is C11H7BrCl2IN3. The van der Waals surface area contributed by atoms with Gasteiger partial charge in [0.2, 0.25) is 0 Å². The van der Waals surface area contributed by atoms with Gasteiger partial charge in [-0.1, -0.05) is 23.2 Å². The maximum Gasteiger partial charge on any atom is 0.151 e. The van der Waals surface area contributed by atoms with E-state index in [0.29, 0.717) is 15.9 Å². The zero-order chi connectivity index (χ0) is 13.3. The summed E-state index contributed by atoms with van der Waals surface area (Å²) in [5.41, 5.74) is 6.50. The first-order valence-corrected chi connectivity index (χ1v) is 7.43. The van der Waals surface area contributed by atoms with E-state index in [1.807, 2.05) is 18.2 Å². The Kier molecular flexibility index (Phi) is 4.58. The number of nitrogens with one attached hydrogen (secondary N) is 1. The fourth-order valence-corrected chi connectivity index (χ4v) is 3.09. The number of nitrogen functional groups attached to an aromatic ring is 1. The lowest BCUT2D eigenvalue weighted by molar-refractivity contribution is 1.31. The molecular weight excluding hydrogens is 452 g/mol. The first-order chi connectivity index (χ1) is 8.47. The van der Waals surface area contributed by atoms with Gasteiger partial charge in [0.05, 0.1) is 15.7 Å². The Labute approximate surface area is 136 Å². The fraction of sp³-hybridized carbons (Fsp3) is 0. The minimum absolute atomic E-state index is 0.241. The van der Waals surface area contributed by atoms with Gasteiger partial charge in [0.1, 0.15) is 5.82 Å². The molecule has 0 saturated heterocycles. The van der Waals surface area contributed by atoms with Crippen LogP contribution in [0.2, 0.25) is 10.0 Å². The van der Waals surface area contributed by atoms with Crippen LogP contribution in [-0.2, 0) is 0 Å². The van der Waals surface area contributed by atoms with Crippen LogP contribution in [0.4, 0.5) is 17.3 Å². The molecule has 7 heteroatoms. The predicted octanol–water partition coefficient (Wildman–Crippen LogP) is 5.08. The topological polar surface area (TPSA) is 50.9 Å². The van der Waals surface area contributed by atoms with Crippen molar-refractivity contribution < 1.29 is 0 Å². The van der Waals surface area contributed by atoms with Gasteiger partial charge in [-0.15, -0.1) is 0 Å². The Hall–Kier alpha value is -0.240. The second-order valence-electron chi connectivity index (χ2n) is 3.44. The van der Waals surface area contributed by atoms with E-state index >= 15 is 0 Å². The first-order valence-electron chi connectivity index (χ1n) is 4.81. The summed E-state index contributed by atoms with van der Waals surface area (Å²) in [6, 6.07) is 7.44. The number of halogens is 4. The summed E-state index contributed by atoms with van der Waals surface area (Å²) < 4.78 is 2.04. The summed E-state index contributed by atoms with van der Waals surface area (Å²) in [6.07, 6.45) is 0. The van der Waals surface area contributed by atoms with Crippen LogP contribution in [0.15, 0.2) is 28.7 Å². The highest BCUT2D eigenvalue weighted by Gasteiger charge is 2.09. The third-order valence-electron chi connectivity index (χ3n) is 2.14. The second kappa shape index (κ2) is 5.81. The average Bonchev–Trinajstić information content (AvgIpc) is 2.29. The number of nitrogens with zero attached hydrogens (tertiary/aromatic N) is 1. The van der Waals surface area contributed by atoms with Crippen molar-refractivity contribution in [3.05, 3.63) is 42.4 Å². The number of rotatable bonds is 2. The molecule has 3 nitrogen and oxygen atoms in total. The monoisotopic (exact) mass is 457 g/mol. The van der Waals surface area contributed by atoms with Gasteiger partial charge < -0.3 is 11.1 Å². The minimum Gasteiger partial charge on any atom is -0.382 e. The molecule has 0 atom stereocenters. The van der Waals surface area contributed by atoms with E-state index in [0.717, 1.165) is 13.7 Å². The highest BCUT2D eigenvalue weighted by Crippen LogP contribution is 2.32. The van der Waals surface area contributed by atoms with Gasteiger partial charge in [0.15, 0.2) is 5.82 Å². The van der Waals surface area contributed by atoms with Crippen molar-refractivity contribution in [1.29, 1.82) is 0 Å². The van der Waals surface area contributed by atoms with Gasteiger partial charge in [-0.3, -0.25) is 0 Å². The molecule has 0 fully saturated rings. The number of hydrogen-bond acceptors (Lipinski definition) is 3. The van der Waals surface area contributed by atoms with Crippen LogP contribution >= 0.6 is 61.7 Å². The SMILES string of the molecule is Nc1nc(Nc2ccc(I)cc2Br)c(Cl)cc1Cl. The zero-order valence-electron chi connectivity index (χ0n) is 8.85. The molecule has 0 bridgehead atoms. The molecule has 3 N–H and O–H groups in total. The van der Waals surface area contributed by atoms with Crippen LogP contribution in [0.5, 0.6) is 0 Å². The van der Waals surface area contributed by atoms with Crippen molar-refractivity contribution in [2.24, 2.45) is 0 Å². The van der Waals surface area contributed by atoms with Gasteiger partial charge in [-0.25, -0.2) is 4.98 Å².